The number of fused-ring (bicyclic) bond motifs is 1. The molecule has 0 bridgehead atoms. The first-order valence-electron chi connectivity index (χ1n) is 6.40. The molecule has 2 heterocycles. The van der Waals surface area contributed by atoms with Gasteiger partial charge >= 0.3 is 0 Å². The molecular formula is C14H13BrF2N2O. The average molecular weight is 343 g/mol. The molecule has 0 atom stereocenters. The van der Waals surface area contributed by atoms with E-state index in [0.717, 1.165) is 15.4 Å². The highest BCUT2D eigenvalue weighted by Crippen LogP contribution is 2.29. The number of hydrogen-bond acceptors (Lipinski definition) is 1. The van der Waals surface area contributed by atoms with Crippen LogP contribution < -0.4 is 0 Å². The first-order chi connectivity index (χ1) is 9.46. The molecule has 20 heavy (non-hydrogen) atoms. The van der Waals surface area contributed by atoms with Crippen molar-refractivity contribution in [2.45, 2.75) is 18.8 Å². The molecule has 106 valence electrons. The van der Waals surface area contributed by atoms with Crippen LogP contribution in [0.2, 0.25) is 0 Å². The Kier molecular flexibility index (Phi) is 3.28. The van der Waals surface area contributed by atoms with E-state index < -0.39 is 12.5 Å². The number of halogens is 3. The normalized spacial score (nSPS) is 18.4. The lowest BCUT2D eigenvalue weighted by Gasteiger charge is -2.32. The van der Waals surface area contributed by atoms with Crippen molar-refractivity contribution in [3.8, 4) is 0 Å². The number of rotatable bonds is 1. The summed E-state index contributed by atoms with van der Waals surface area (Å²) in [5.41, 5.74) is 1.26. The zero-order chi connectivity index (χ0) is 14.3. The molecule has 0 radical (unpaired) electrons. The minimum absolute atomic E-state index is 0.143. The molecule has 0 saturated carbocycles. The average Bonchev–Trinajstić information content (AvgIpc) is 2.79. The molecule has 1 aliphatic rings. The van der Waals surface area contributed by atoms with Gasteiger partial charge in [-0.05, 0) is 24.6 Å². The highest BCUT2D eigenvalue weighted by Gasteiger charge is 2.37. The van der Waals surface area contributed by atoms with Gasteiger partial charge in [-0.15, -0.1) is 0 Å². The van der Waals surface area contributed by atoms with Crippen molar-refractivity contribution in [1.29, 1.82) is 0 Å². The Morgan fingerprint density at radius 2 is 2.20 bits per heavy atom. The molecular weight excluding hydrogens is 330 g/mol. The van der Waals surface area contributed by atoms with Crippen molar-refractivity contribution in [2.24, 2.45) is 0 Å². The van der Waals surface area contributed by atoms with Crippen LogP contribution in [0.5, 0.6) is 0 Å². The van der Waals surface area contributed by atoms with Crippen LogP contribution in [-0.2, 0) is 0 Å². The van der Waals surface area contributed by atoms with Crippen molar-refractivity contribution < 1.29 is 13.6 Å². The van der Waals surface area contributed by atoms with Crippen LogP contribution >= 0.6 is 15.9 Å². The maximum absolute atomic E-state index is 13.4. The number of amides is 1. The summed E-state index contributed by atoms with van der Waals surface area (Å²) >= 11 is 3.36. The third-order valence-corrected chi connectivity index (χ3v) is 4.05. The van der Waals surface area contributed by atoms with E-state index >= 15 is 0 Å². The van der Waals surface area contributed by atoms with Gasteiger partial charge in [0.05, 0.1) is 12.1 Å². The Balaban J connectivity index is 1.94. The molecule has 3 nitrogen and oxygen atoms in total. The zero-order valence-corrected chi connectivity index (χ0v) is 12.2. The van der Waals surface area contributed by atoms with Gasteiger partial charge in [-0.3, -0.25) is 4.79 Å². The summed E-state index contributed by atoms with van der Waals surface area (Å²) in [6.07, 6.45) is 1.78. The monoisotopic (exact) mass is 342 g/mol. The van der Waals surface area contributed by atoms with Crippen LogP contribution in [0.1, 0.15) is 23.2 Å². The van der Waals surface area contributed by atoms with Crippen LogP contribution in [0.25, 0.3) is 10.9 Å². The minimum atomic E-state index is -2.78. The molecule has 1 aliphatic heterocycles. The maximum atomic E-state index is 13.4. The molecule has 1 saturated heterocycles. The van der Waals surface area contributed by atoms with E-state index in [9.17, 15) is 13.6 Å². The van der Waals surface area contributed by atoms with Gasteiger partial charge in [-0.25, -0.2) is 8.78 Å². The fraction of sp³-hybridized carbons (Fsp3) is 0.357. The lowest BCUT2D eigenvalue weighted by molar-refractivity contribution is -0.0560. The van der Waals surface area contributed by atoms with Crippen LogP contribution in [-0.4, -0.2) is 34.8 Å². The number of nitrogens with zero attached hydrogens (tertiary/aromatic N) is 1. The number of H-pyrrole nitrogens is 1. The maximum Gasteiger partial charge on any atom is 0.265 e. The highest BCUT2D eigenvalue weighted by atomic mass is 79.9. The van der Waals surface area contributed by atoms with Crippen molar-refractivity contribution >= 4 is 32.7 Å². The predicted octanol–water partition coefficient (Wildman–Crippen LogP) is 3.80. The smallest absolute Gasteiger partial charge is 0.265 e. The van der Waals surface area contributed by atoms with Crippen LogP contribution in [0, 0.1) is 0 Å². The van der Waals surface area contributed by atoms with Gasteiger partial charge in [0.25, 0.3) is 11.8 Å². The van der Waals surface area contributed by atoms with Gasteiger partial charge in [0.15, 0.2) is 0 Å². The summed E-state index contributed by atoms with van der Waals surface area (Å²) in [5.74, 6) is -3.12. The van der Waals surface area contributed by atoms with Gasteiger partial charge in [0, 0.05) is 34.5 Å². The number of aromatic nitrogens is 1. The fourth-order valence-corrected chi connectivity index (χ4v) is 2.94. The Morgan fingerprint density at radius 3 is 2.95 bits per heavy atom. The molecule has 6 heteroatoms. The third-order valence-electron chi connectivity index (χ3n) is 3.55. The second-order valence-corrected chi connectivity index (χ2v) is 5.99. The Hall–Kier alpha value is -1.43. The molecule has 0 aliphatic carbocycles. The molecule has 1 aromatic heterocycles. The molecule has 1 fully saturated rings. The van der Waals surface area contributed by atoms with E-state index in [4.69, 9.17) is 0 Å². The molecule has 0 unspecified atom stereocenters. The number of likely N-dealkylation sites (tertiary alicyclic amines) is 1. The molecule has 2 aromatic rings. The number of carbonyl (C=O) groups is 1. The summed E-state index contributed by atoms with van der Waals surface area (Å²) < 4.78 is 27.7. The number of benzene rings is 1. The first kappa shape index (κ1) is 13.5. The van der Waals surface area contributed by atoms with E-state index in [0.29, 0.717) is 18.5 Å². The summed E-state index contributed by atoms with van der Waals surface area (Å²) in [4.78, 5) is 16.7. The van der Waals surface area contributed by atoms with Gasteiger partial charge in [0.2, 0.25) is 0 Å². The van der Waals surface area contributed by atoms with E-state index in [1.807, 2.05) is 18.2 Å². The molecule has 1 amide bonds. The first-order valence-corrected chi connectivity index (χ1v) is 7.19. The van der Waals surface area contributed by atoms with Crippen molar-refractivity contribution in [1.82, 2.24) is 9.88 Å². The van der Waals surface area contributed by atoms with Gasteiger partial charge < -0.3 is 9.88 Å². The van der Waals surface area contributed by atoms with E-state index in [2.05, 4.69) is 20.9 Å². The van der Waals surface area contributed by atoms with Crippen molar-refractivity contribution in [3.05, 3.63) is 34.4 Å². The van der Waals surface area contributed by atoms with Crippen molar-refractivity contribution in [3.63, 3.8) is 0 Å². The number of nitrogens with one attached hydrogen (secondary N) is 1. The summed E-state index contributed by atoms with van der Waals surface area (Å²) in [7, 11) is 0. The SMILES string of the molecule is O=C(c1c[nH]c2ccc(Br)cc12)N1CCCC(F)(F)C1. The predicted molar refractivity (Wildman–Crippen MR) is 76.1 cm³/mol. The van der Waals surface area contributed by atoms with Crippen LogP contribution in [0.3, 0.4) is 0 Å². The Morgan fingerprint density at radius 1 is 1.40 bits per heavy atom. The second-order valence-electron chi connectivity index (χ2n) is 5.08. The lowest BCUT2D eigenvalue weighted by Crippen LogP contribution is -2.45. The van der Waals surface area contributed by atoms with Gasteiger partial charge in [0.1, 0.15) is 0 Å². The summed E-state index contributed by atoms with van der Waals surface area (Å²) in [6, 6.07) is 5.53. The molecule has 0 spiro atoms. The second kappa shape index (κ2) is 4.84. The quantitative estimate of drug-likeness (QED) is 0.840. The largest absolute Gasteiger partial charge is 0.360 e. The van der Waals surface area contributed by atoms with Gasteiger partial charge in [-0.2, -0.15) is 0 Å². The highest BCUT2D eigenvalue weighted by molar-refractivity contribution is 9.10. The topological polar surface area (TPSA) is 36.1 Å². The lowest BCUT2D eigenvalue weighted by atomic mass is 10.1. The van der Waals surface area contributed by atoms with Gasteiger partial charge in [-0.1, -0.05) is 15.9 Å². The number of alkyl halides is 2. The zero-order valence-electron chi connectivity index (χ0n) is 10.6. The number of carbonyl (C=O) groups excluding carboxylic acids is 1. The van der Waals surface area contributed by atoms with E-state index in [1.165, 1.54) is 4.90 Å². The Bertz CT molecular complexity index is 668. The molecule has 1 aromatic carbocycles. The van der Waals surface area contributed by atoms with Crippen LogP contribution in [0.4, 0.5) is 8.78 Å². The van der Waals surface area contributed by atoms with Crippen LogP contribution in [0.15, 0.2) is 28.9 Å². The number of piperidine rings is 1. The third kappa shape index (κ3) is 2.44. The Labute approximate surface area is 123 Å². The number of hydrogen-bond donors (Lipinski definition) is 1. The summed E-state index contributed by atoms with van der Waals surface area (Å²) in [6.45, 7) is -0.110. The van der Waals surface area contributed by atoms with Crippen molar-refractivity contribution in [2.75, 3.05) is 13.1 Å². The molecule has 3 rings (SSSR count). The fourth-order valence-electron chi connectivity index (χ4n) is 2.58. The molecule has 1 N–H and O–H groups in total. The van der Waals surface area contributed by atoms with E-state index in [-0.39, 0.29) is 12.3 Å². The minimum Gasteiger partial charge on any atom is -0.360 e. The standard InChI is InChI=1S/C14H13BrF2N2O/c15-9-2-3-12-10(6-9)11(7-18-12)13(20)19-5-1-4-14(16,17)8-19/h2-3,6-7,18H,1,4-5,8H2. The number of aromatic amines is 1. The van der Waals surface area contributed by atoms with E-state index in [1.54, 1.807) is 6.20 Å². The summed E-state index contributed by atoms with van der Waals surface area (Å²) in [5, 5.41) is 0.748.